The van der Waals surface area contributed by atoms with E-state index < -0.39 is 5.91 Å². The van der Waals surface area contributed by atoms with Gasteiger partial charge in [0.05, 0.1) is 21.2 Å². The second-order valence-corrected chi connectivity index (χ2v) is 7.37. The van der Waals surface area contributed by atoms with Gasteiger partial charge in [-0.15, -0.1) is 0 Å². The Bertz CT molecular complexity index is 818. The van der Waals surface area contributed by atoms with Gasteiger partial charge in [-0.1, -0.05) is 23.7 Å². The van der Waals surface area contributed by atoms with Crippen LogP contribution in [0.25, 0.3) is 0 Å². The summed E-state index contributed by atoms with van der Waals surface area (Å²) in [5.74, 6) is -0.529. The number of hydrogen-bond donors (Lipinski definition) is 4. The van der Waals surface area contributed by atoms with E-state index in [1.54, 1.807) is 24.3 Å². The van der Waals surface area contributed by atoms with Crippen LogP contribution in [0.3, 0.4) is 0 Å². The van der Waals surface area contributed by atoms with Gasteiger partial charge in [-0.25, -0.2) is 0 Å². The minimum absolute atomic E-state index is 0.0160. The Morgan fingerprint density at radius 1 is 1.19 bits per heavy atom. The third kappa shape index (κ3) is 4.25. The molecule has 1 heterocycles. The van der Waals surface area contributed by atoms with Crippen LogP contribution in [-0.4, -0.2) is 39.3 Å². The third-order valence-corrected chi connectivity index (χ3v) is 5.42. The summed E-state index contributed by atoms with van der Waals surface area (Å²) in [5, 5.41) is 22.0. The Morgan fingerprint density at radius 2 is 1.88 bits per heavy atom. The molecule has 1 saturated carbocycles. The lowest BCUT2D eigenvalue weighted by Gasteiger charge is -2.25. The van der Waals surface area contributed by atoms with E-state index in [2.05, 4.69) is 36.8 Å². The molecule has 3 rings (SSSR count). The molecule has 0 bridgehead atoms. The monoisotopic (exact) mass is 440 g/mol. The van der Waals surface area contributed by atoms with Crippen LogP contribution < -0.4 is 10.6 Å². The number of aliphatic hydroxyl groups excluding tert-OH is 1. The van der Waals surface area contributed by atoms with Crippen molar-refractivity contribution in [3.8, 4) is 0 Å². The molecule has 0 unspecified atom stereocenters. The molecule has 1 aliphatic carbocycles. The maximum atomic E-state index is 12.4. The van der Waals surface area contributed by atoms with Crippen LogP contribution in [0.15, 0.2) is 28.7 Å². The number of nitrogens with one attached hydrogen (secondary N) is 3. The van der Waals surface area contributed by atoms with E-state index in [-0.39, 0.29) is 29.6 Å². The average Bonchev–Trinajstić information content (AvgIpc) is 2.98. The molecule has 1 aromatic heterocycles. The van der Waals surface area contributed by atoms with Crippen LogP contribution in [0.2, 0.25) is 5.02 Å². The summed E-state index contributed by atoms with van der Waals surface area (Å²) in [5.41, 5.74) is 0.543. The summed E-state index contributed by atoms with van der Waals surface area (Å²) in [6, 6.07) is 6.68. The van der Waals surface area contributed by atoms with E-state index in [0.717, 1.165) is 12.8 Å². The maximum Gasteiger partial charge on any atom is 0.270 e. The quantitative estimate of drug-likeness (QED) is 0.585. The van der Waals surface area contributed by atoms with Crippen LogP contribution in [0.1, 0.15) is 46.5 Å². The van der Waals surface area contributed by atoms with E-state index in [0.29, 0.717) is 27.9 Å². The number of aromatic amines is 1. The number of carbonyl (C=O) groups excluding carboxylic acids is 2. The van der Waals surface area contributed by atoms with Gasteiger partial charge < -0.3 is 15.7 Å². The van der Waals surface area contributed by atoms with Crippen molar-refractivity contribution in [3.05, 3.63) is 45.0 Å². The highest BCUT2D eigenvalue weighted by Crippen LogP contribution is 2.26. The number of nitrogens with zero attached hydrogens (tertiary/aromatic N) is 1. The summed E-state index contributed by atoms with van der Waals surface area (Å²) in [7, 11) is 0. The molecule has 0 aliphatic heterocycles. The zero-order valence-electron chi connectivity index (χ0n) is 13.8. The number of benzene rings is 1. The summed E-state index contributed by atoms with van der Waals surface area (Å²) < 4.78 is 0.367. The number of amides is 2. The lowest BCUT2D eigenvalue weighted by Crippen LogP contribution is -2.38. The van der Waals surface area contributed by atoms with Crippen LogP contribution in [0, 0.1) is 0 Å². The second-order valence-electron chi connectivity index (χ2n) is 6.17. The fraction of sp³-hybridized carbons (Fsp3) is 0.353. The predicted octanol–water partition coefficient (Wildman–Crippen LogP) is 3.11. The first-order valence-electron chi connectivity index (χ1n) is 8.24. The lowest BCUT2D eigenvalue weighted by atomic mass is 9.93. The van der Waals surface area contributed by atoms with Gasteiger partial charge in [0.25, 0.3) is 11.8 Å². The number of H-pyrrole nitrogens is 1. The molecule has 1 aliphatic rings. The zero-order valence-corrected chi connectivity index (χ0v) is 16.1. The van der Waals surface area contributed by atoms with Crippen molar-refractivity contribution < 1.29 is 14.7 Å². The SMILES string of the molecule is O=C(Nc1n[nH]c(C(=O)NC2CCC(O)CC2)c1Br)c1ccccc1Cl. The molecule has 0 atom stereocenters. The largest absolute Gasteiger partial charge is 0.393 e. The molecular weight excluding hydrogens is 424 g/mol. The van der Waals surface area contributed by atoms with Gasteiger partial charge in [0.1, 0.15) is 5.69 Å². The zero-order chi connectivity index (χ0) is 18.7. The lowest BCUT2D eigenvalue weighted by molar-refractivity contribution is 0.0862. The molecule has 138 valence electrons. The molecule has 7 nitrogen and oxygen atoms in total. The van der Waals surface area contributed by atoms with E-state index in [1.807, 2.05) is 0 Å². The highest BCUT2D eigenvalue weighted by molar-refractivity contribution is 9.10. The Morgan fingerprint density at radius 3 is 2.58 bits per heavy atom. The normalized spacial score (nSPS) is 19.8. The van der Waals surface area contributed by atoms with Crippen molar-refractivity contribution in [1.82, 2.24) is 15.5 Å². The van der Waals surface area contributed by atoms with Crippen molar-refractivity contribution in [2.75, 3.05) is 5.32 Å². The fourth-order valence-electron chi connectivity index (χ4n) is 2.86. The Balaban J connectivity index is 1.67. The molecular formula is C17H18BrClN4O3. The van der Waals surface area contributed by atoms with E-state index >= 15 is 0 Å². The van der Waals surface area contributed by atoms with Crippen molar-refractivity contribution in [2.24, 2.45) is 0 Å². The van der Waals surface area contributed by atoms with Crippen LogP contribution >= 0.6 is 27.5 Å². The van der Waals surface area contributed by atoms with Crippen molar-refractivity contribution in [2.45, 2.75) is 37.8 Å². The summed E-state index contributed by atoms with van der Waals surface area (Å²) in [6.45, 7) is 0. The molecule has 4 N–H and O–H groups in total. The fourth-order valence-corrected chi connectivity index (χ4v) is 3.54. The minimum atomic E-state index is -0.420. The molecule has 2 amide bonds. The highest BCUT2D eigenvalue weighted by atomic mass is 79.9. The smallest absolute Gasteiger partial charge is 0.270 e. The summed E-state index contributed by atoms with van der Waals surface area (Å²) >= 11 is 9.32. The number of halogens is 2. The van der Waals surface area contributed by atoms with E-state index in [9.17, 15) is 14.7 Å². The number of aromatic nitrogens is 2. The number of carbonyl (C=O) groups is 2. The molecule has 0 saturated heterocycles. The van der Waals surface area contributed by atoms with Gasteiger partial charge in [-0.3, -0.25) is 14.7 Å². The molecule has 26 heavy (non-hydrogen) atoms. The van der Waals surface area contributed by atoms with E-state index in [1.165, 1.54) is 0 Å². The maximum absolute atomic E-state index is 12.4. The summed E-state index contributed by atoms with van der Waals surface area (Å²) in [4.78, 5) is 24.7. The number of rotatable bonds is 4. The third-order valence-electron chi connectivity index (χ3n) is 4.32. The summed E-state index contributed by atoms with van der Waals surface area (Å²) in [6.07, 6.45) is 2.53. The Labute approximate surface area is 163 Å². The molecule has 0 spiro atoms. The molecule has 0 radical (unpaired) electrons. The van der Waals surface area contributed by atoms with Gasteiger partial charge in [0, 0.05) is 6.04 Å². The molecule has 2 aromatic rings. The van der Waals surface area contributed by atoms with Crippen LogP contribution in [0.4, 0.5) is 5.82 Å². The van der Waals surface area contributed by atoms with Crippen molar-refractivity contribution >= 4 is 45.2 Å². The van der Waals surface area contributed by atoms with Gasteiger partial charge >= 0.3 is 0 Å². The van der Waals surface area contributed by atoms with Crippen molar-refractivity contribution in [1.29, 1.82) is 0 Å². The number of aliphatic hydroxyl groups is 1. The van der Waals surface area contributed by atoms with Gasteiger partial charge in [-0.05, 0) is 53.7 Å². The first-order valence-corrected chi connectivity index (χ1v) is 9.41. The van der Waals surface area contributed by atoms with Crippen molar-refractivity contribution in [3.63, 3.8) is 0 Å². The Hall–Kier alpha value is -1.90. The molecule has 1 aromatic carbocycles. The molecule has 1 fully saturated rings. The van der Waals surface area contributed by atoms with Crippen LogP contribution in [-0.2, 0) is 0 Å². The highest BCUT2D eigenvalue weighted by Gasteiger charge is 2.24. The van der Waals surface area contributed by atoms with Gasteiger partial charge in [0.2, 0.25) is 0 Å². The molecule has 9 heteroatoms. The first kappa shape index (κ1) is 18.9. The van der Waals surface area contributed by atoms with Gasteiger partial charge in [0.15, 0.2) is 5.82 Å². The number of hydrogen-bond acceptors (Lipinski definition) is 4. The van der Waals surface area contributed by atoms with Crippen LogP contribution in [0.5, 0.6) is 0 Å². The first-order chi connectivity index (χ1) is 12.5. The topological polar surface area (TPSA) is 107 Å². The standard InChI is InChI=1S/C17H18BrClN4O3/c18-13-14(17(26)20-9-5-7-10(24)8-6-9)22-23-15(13)21-16(25)11-3-1-2-4-12(11)19/h1-4,9-10,24H,5-8H2,(H,20,26)(H2,21,22,23,25). The second kappa shape index (κ2) is 8.20. The minimum Gasteiger partial charge on any atom is -0.393 e. The predicted molar refractivity (Wildman–Crippen MR) is 101 cm³/mol. The average molecular weight is 442 g/mol. The van der Waals surface area contributed by atoms with E-state index in [4.69, 9.17) is 11.6 Å². The van der Waals surface area contributed by atoms with Gasteiger partial charge in [-0.2, -0.15) is 5.10 Å². The number of anilines is 1. The Kier molecular flexibility index (Phi) is 5.95.